The van der Waals surface area contributed by atoms with E-state index in [1.807, 2.05) is 81.7 Å². The SMILES string of the molecule is Cc1[nH]c2c(OCCN3CCCC3)ccc(N)c2c1C.Cc1[nH]c2c(OCCN3CCCCC3)ccc(N)c2c1C.Cc1[nH]c2c(OCCN3CCN(C)CC3)ccc(N)c2c1C.Cc1[nH]c2c(OCCN3CCOCC3)ccc(N)c2c1C.Cc1c(C)n(CCO)c2c(OCCN(C)C)ccc(N)c12. The van der Waals surface area contributed by atoms with Gasteiger partial charge in [-0.05, 0) is 231 Å². The molecule has 9 heterocycles. The first-order valence-corrected chi connectivity index (χ1v) is 38.0. The topological polar surface area (TPSA) is 293 Å². The first-order valence-electron chi connectivity index (χ1n) is 38.0. The van der Waals surface area contributed by atoms with Gasteiger partial charge in [0.25, 0.3) is 0 Å². The number of piperazine rings is 1. The molecule has 0 aliphatic carbocycles. The summed E-state index contributed by atoms with van der Waals surface area (Å²) in [5.41, 5.74) is 51.3. The standard InChI is InChI=1S/C17H26N4O.C17H25N3O.C16H23N3O2.C16H25N3O2.C16H23N3O/c1-12-13(2)19-17-15(5-4-14(18)16(12)17)22-11-10-21-8-6-20(3)7-9-21;1-12-13(2)19-17-15(7-6-14(18)16(12)17)21-11-10-20-8-4-3-5-9-20;1-11-12(2)18-16-14(4-3-13(17)15(11)16)21-10-7-19-5-8-20-9-6-19;1-11-12(2)19(7-9-20)16-14(21-10-8-18(3)4)6-5-13(17)15(11)16;1-11-12(2)18-16-14(6-5-13(17)15(11)16)20-10-9-19-7-3-4-8-19/h4-5,19H,6-11,18H2,1-3H3;6-7,19H,3-5,8-11,18H2,1-2H3;3-4,18H,5-10,17H2,1-2H3;5-6,20H,7-10,17H2,1-4H3;5-6,18H,3-4,7-10,17H2,1-2H3. The number of morpholine rings is 1. The molecule has 4 aliphatic rings. The number of nitrogens with two attached hydrogens (primary N) is 5. The average Bonchev–Trinajstić information content (AvgIpc) is 1.65. The van der Waals surface area contributed by atoms with Crippen LogP contribution in [0.15, 0.2) is 60.7 Å². The molecule has 0 unspecified atom stereocenters. The number of aryl methyl sites for hydroxylation is 9. The number of likely N-dealkylation sites (N-methyl/N-ethyl adjacent to an activating group) is 2. The Kier molecular flexibility index (Phi) is 28.0. The molecular weight excluding hydrogens is 1320 g/mol. The lowest BCUT2D eigenvalue weighted by molar-refractivity contribution is 0.0323. The van der Waals surface area contributed by atoms with Crippen molar-refractivity contribution >= 4 is 83.0 Å². The van der Waals surface area contributed by atoms with Gasteiger partial charge >= 0.3 is 0 Å². The summed E-state index contributed by atoms with van der Waals surface area (Å²) in [6, 6.07) is 19.4. The Morgan fingerprint density at radius 2 is 0.695 bits per heavy atom. The fourth-order valence-electron chi connectivity index (χ4n) is 14.7. The average molecular weight is 1440 g/mol. The fourth-order valence-corrected chi connectivity index (χ4v) is 14.7. The number of aliphatic hydroxyl groups is 1. The van der Waals surface area contributed by atoms with Crippen molar-refractivity contribution in [1.82, 2.24) is 53.9 Å². The smallest absolute Gasteiger partial charge is 0.143 e. The molecule has 572 valence electrons. The van der Waals surface area contributed by atoms with Crippen LogP contribution in [0.2, 0.25) is 0 Å². The number of ether oxygens (including phenoxy) is 6. The number of piperidine rings is 1. The lowest BCUT2D eigenvalue weighted by Crippen LogP contribution is -2.45. The van der Waals surface area contributed by atoms with Crippen LogP contribution in [0.1, 0.15) is 88.4 Å². The lowest BCUT2D eigenvalue weighted by atomic mass is 10.1. The van der Waals surface area contributed by atoms with Crippen molar-refractivity contribution in [1.29, 1.82) is 0 Å². The van der Waals surface area contributed by atoms with Gasteiger partial charge in [0.2, 0.25) is 0 Å². The van der Waals surface area contributed by atoms with Crippen molar-refractivity contribution in [2.45, 2.75) is 108 Å². The quantitative estimate of drug-likeness (QED) is 0.0282. The van der Waals surface area contributed by atoms with E-state index in [0.717, 1.165) is 244 Å². The molecule has 5 aromatic heterocycles. The summed E-state index contributed by atoms with van der Waals surface area (Å²) in [7, 11) is 6.21. The highest BCUT2D eigenvalue weighted by molar-refractivity contribution is 6.02. The van der Waals surface area contributed by atoms with Gasteiger partial charge in [-0.2, -0.15) is 0 Å². The number of fused-ring (bicyclic) bond motifs is 5. The van der Waals surface area contributed by atoms with Crippen molar-refractivity contribution in [3.63, 3.8) is 0 Å². The van der Waals surface area contributed by atoms with E-state index in [2.05, 4.69) is 123 Å². The molecule has 0 atom stereocenters. The molecule has 23 nitrogen and oxygen atoms in total. The Balaban J connectivity index is 0.000000141. The maximum absolute atomic E-state index is 9.32. The number of benzene rings is 5. The number of hydrogen-bond acceptors (Lipinski definition) is 18. The number of H-pyrrole nitrogens is 4. The number of nitrogens with zero attached hydrogens (tertiary/aromatic N) is 7. The van der Waals surface area contributed by atoms with E-state index in [0.29, 0.717) is 26.4 Å². The van der Waals surface area contributed by atoms with E-state index in [-0.39, 0.29) is 6.61 Å². The highest BCUT2D eigenvalue weighted by atomic mass is 16.5. The van der Waals surface area contributed by atoms with Crippen LogP contribution in [0.25, 0.3) is 54.5 Å². The molecule has 4 saturated heterocycles. The summed E-state index contributed by atoms with van der Waals surface area (Å²) in [5.74, 6) is 4.42. The van der Waals surface area contributed by atoms with E-state index >= 15 is 0 Å². The van der Waals surface area contributed by atoms with Crippen molar-refractivity contribution in [2.75, 3.05) is 201 Å². The van der Waals surface area contributed by atoms with E-state index < -0.39 is 0 Å². The number of nitrogens with one attached hydrogen (secondary N) is 4. The van der Waals surface area contributed by atoms with E-state index in [9.17, 15) is 5.11 Å². The molecule has 10 aromatic rings. The fraction of sp³-hybridized carbons (Fsp3) is 0.512. The van der Waals surface area contributed by atoms with Crippen LogP contribution in [0, 0.1) is 69.2 Å². The molecule has 15 N–H and O–H groups in total. The van der Waals surface area contributed by atoms with Crippen LogP contribution < -0.4 is 52.4 Å². The van der Waals surface area contributed by atoms with Crippen LogP contribution in [-0.2, 0) is 11.3 Å². The van der Waals surface area contributed by atoms with Crippen molar-refractivity contribution in [2.24, 2.45) is 0 Å². The van der Waals surface area contributed by atoms with E-state index in [1.54, 1.807) is 0 Å². The van der Waals surface area contributed by atoms with Gasteiger partial charge in [0.1, 0.15) is 61.8 Å². The second kappa shape index (κ2) is 37.1. The third-order valence-electron chi connectivity index (χ3n) is 21.7. The third-order valence-corrected chi connectivity index (χ3v) is 21.7. The molecule has 0 bridgehead atoms. The summed E-state index contributed by atoms with van der Waals surface area (Å²) in [6.45, 7) is 42.6. The second-order valence-electron chi connectivity index (χ2n) is 29.2. The van der Waals surface area contributed by atoms with Crippen LogP contribution in [0.3, 0.4) is 0 Å². The number of aromatic amines is 4. The maximum atomic E-state index is 9.32. The lowest BCUT2D eigenvalue weighted by Gasteiger charge is -2.32. The van der Waals surface area contributed by atoms with Gasteiger partial charge in [-0.25, -0.2) is 0 Å². The van der Waals surface area contributed by atoms with Gasteiger partial charge in [-0.1, -0.05) is 6.42 Å². The predicted octanol–water partition coefficient (Wildman–Crippen LogP) is 11.9. The van der Waals surface area contributed by atoms with Crippen molar-refractivity contribution in [3.05, 3.63) is 117 Å². The number of nitrogen functional groups attached to an aromatic ring is 5. The molecular formula is C82H122N16O7. The van der Waals surface area contributed by atoms with Crippen LogP contribution in [0.4, 0.5) is 28.4 Å². The summed E-state index contributed by atoms with van der Waals surface area (Å²) in [5, 5.41) is 14.7. The van der Waals surface area contributed by atoms with E-state index in [1.165, 1.54) is 80.5 Å². The zero-order valence-corrected chi connectivity index (χ0v) is 65.2. The summed E-state index contributed by atoms with van der Waals surface area (Å²) in [6.07, 6.45) is 6.65. The highest BCUT2D eigenvalue weighted by Crippen LogP contribution is 2.39. The Hall–Kier alpha value is -8.52. The molecule has 0 radical (unpaired) electrons. The van der Waals surface area contributed by atoms with Crippen LogP contribution >= 0.6 is 0 Å². The largest absolute Gasteiger partial charge is 0.490 e. The Morgan fingerprint density at radius 3 is 1.05 bits per heavy atom. The molecule has 14 rings (SSSR count). The van der Waals surface area contributed by atoms with Gasteiger partial charge in [0.15, 0.2) is 0 Å². The van der Waals surface area contributed by atoms with Gasteiger partial charge in [-0.3, -0.25) is 19.6 Å². The molecule has 0 saturated carbocycles. The number of rotatable bonds is 22. The number of aromatic nitrogens is 5. The van der Waals surface area contributed by atoms with Crippen molar-refractivity contribution < 1.29 is 33.5 Å². The molecule has 23 heteroatoms. The Morgan fingerprint density at radius 1 is 0.381 bits per heavy atom. The number of anilines is 5. The van der Waals surface area contributed by atoms with E-state index in [4.69, 9.17) is 57.1 Å². The minimum absolute atomic E-state index is 0.0933. The molecule has 4 fully saturated rings. The highest BCUT2D eigenvalue weighted by Gasteiger charge is 2.22. The van der Waals surface area contributed by atoms with Crippen LogP contribution in [0.5, 0.6) is 28.7 Å². The molecule has 4 aliphatic heterocycles. The number of aliphatic hydroxyl groups excluding tert-OH is 1. The number of hydrogen-bond donors (Lipinski definition) is 10. The minimum atomic E-state index is 0.0933. The van der Waals surface area contributed by atoms with Gasteiger partial charge in [0, 0.05) is 162 Å². The Labute approximate surface area is 621 Å². The normalized spacial score (nSPS) is 15.6. The Bertz CT molecular complexity index is 4350. The van der Waals surface area contributed by atoms with Crippen LogP contribution in [-0.4, -0.2) is 231 Å². The molecule has 5 aromatic carbocycles. The molecule has 0 spiro atoms. The summed E-state index contributed by atoms with van der Waals surface area (Å²) < 4.78 is 37.4. The van der Waals surface area contributed by atoms with Gasteiger partial charge in [0.05, 0.1) is 47.4 Å². The van der Waals surface area contributed by atoms with Crippen molar-refractivity contribution in [3.8, 4) is 28.7 Å². The first-order chi connectivity index (χ1) is 50.5. The van der Waals surface area contributed by atoms with Gasteiger partial charge < -0.3 is 96.5 Å². The third kappa shape index (κ3) is 19.6. The summed E-state index contributed by atoms with van der Waals surface area (Å²) >= 11 is 0. The number of likely N-dealkylation sites (tertiary alicyclic amines) is 2. The monoisotopic (exact) mass is 1440 g/mol. The maximum Gasteiger partial charge on any atom is 0.143 e. The van der Waals surface area contributed by atoms with Gasteiger partial charge in [-0.15, -0.1) is 0 Å². The minimum Gasteiger partial charge on any atom is -0.490 e. The summed E-state index contributed by atoms with van der Waals surface area (Å²) in [4.78, 5) is 27.8. The second-order valence-corrected chi connectivity index (χ2v) is 29.2. The zero-order valence-electron chi connectivity index (χ0n) is 65.2. The first kappa shape index (κ1) is 79.1. The molecule has 105 heavy (non-hydrogen) atoms. The predicted molar refractivity (Wildman–Crippen MR) is 435 cm³/mol. The molecule has 0 amide bonds. The zero-order chi connectivity index (χ0) is 75.0.